The van der Waals surface area contributed by atoms with Crippen molar-refractivity contribution in [2.45, 2.75) is 136 Å². The van der Waals surface area contributed by atoms with Gasteiger partial charge in [-0.05, 0) is 110 Å². The van der Waals surface area contributed by atoms with E-state index < -0.39 is 0 Å². The average molecular weight is 777 g/mol. The summed E-state index contributed by atoms with van der Waals surface area (Å²) in [6, 6.07) is 30.8. The Bertz CT molecular complexity index is 1500. The van der Waals surface area contributed by atoms with Crippen LogP contribution in [-0.4, -0.2) is 26.4 Å². The largest absolute Gasteiger partial charge is 0.494 e. The normalized spacial score (nSPS) is 11.4. The number of rotatable bonds is 32. The van der Waals surface area contributed by atoms with E-state index in [2.05, 4.69) is 34.3 Å². The summed E-state index contributed by atoms with van der Waals surface area (Å²) in [7, 11) is 0. The van der Waals surface area contributed by atoms with Crippen LogP contribution >= 0.6 is 0 Å². The van der Waals surface area contributed by atoms with Crippen molar-refractivity contribution >= 4 is 22.7 Å². The molecule has 0 saturated heterocycles. The van der Waals surface area contributed by atoms with Gasteiger partial charge in [0.1, 0.15) is 23.0 Å². The van der Waals surface area contributed by atoms with Crippen molar-refractivity contribution in [3.8, 4) is 23.0 Å². The van der Waals surface area contributed by atoms with Gasteiger partial charge in [-0.25, -0.2) is 0 Å². The fourth-order valence-electron chi connectivity index (χ4n) is 6.31. The molecule has 0 fully saturated rings. The maximum atomic E-state index is 5.91. The van der Waals surface area contributed by atoms with E-state index >= 15 is 0 Å². The highest BCUT2D eigenvalue weighted by Gasteiger charge is 2.01. The molecule has 308 valence electrons. The highest BCUT2D eigenvalue weighted by molar-refractivity contribution is 5.45. The molecule has 0 aliphatic carbocycles. The van der Waals surface area contributed by atoms with E-state index in [1.165, 1.54) is 103 Å². The first-order chi connectivity index (χ1) is 28.2. The Kier molecular flexibility index (Phi) is 23.3. The number of benzene rings is 4. The first kappa shape index (κ1) is 45.0. The van der Waals surface area contributed by atoms with Crippen molar-refractivity contribution in [2.24, 2.45) is 20.5 Å². The van der Waals surface area contributed by atoms with Crippen LogP contribution in [0, 0.1) is 0 Å². The summed E-state index contributed by atoms with van der Waals surface area (Å²) in [5, 5.41) is 17.5. The predicted molar refractivity (Wildman–Crippen MR) is 235 cm³/mol. The quantitative estimate of drug-likeness (QED) is 0.0365. The fourth-order valence-corrected chi connectivity index (χ4v) is 6.31. The Morgan fingerprint density at radius 2 is 0.474 bits per heavy atom. The number of ether oxygens (including phenoxy) is 4. The van der Waals surface area contributed by atoms with Crippen LogP contribution in [0.15, 0.2) is 118 Å². The summed E-state index contributed by atoms with van der Waals surface area (Å²) >= 11 is 0. The van der Waals surface area contributed by atoms with Gasteiger partial charge < -0.3 is 18.9 Å². The van der Waals surface area contributed by atoms with E-state index in [0.717, 1.165) is 78.2 Å². The highest BCUT2D eigenvalue weighted by Crippen LogP contribution is 2.25. The van der Waals surface area contributed by atoms with E-state index in [4.69, 9.17) is 18.9 Å². The lowest BCUT2D eigenvalue weighted by atomic mass is 10.1. The molecule has 8 nitrogen and oxygen atoms in total. The number of azo groups is 2. The third-order valence-corrected chi connectivity index (χ3v) is 9.77. The minimum absolute atomic E-state index is 0.545. The van der Waals surface area contributed by atoms with Crippen LogP contribution in [0.25, 0.3) is 0 Å². The third kappa shape index (κ3) is 20.9. The zero-order valence-corrected chi connectivity index (χ0v) is 34.9. The SMILES string of the molecule is CCCCCCCCCCCOc1ccc(N=Nc2ccc(OCCCOc3ccc(N=Nc4ccc(OCCCCCCCCCCC)cc4)cc3)cc2)cc1. The van der Waals surface area contributed by atoms with Gasteiger partial charge in [0.25, 0.3) is 0 Å². The van der Waals surface area contributed by atoms with E-state index in [9.17, 15) is 0 Å². The van der Waals surface area contributed by atoms with Crippen LogP contribution in [0.4, 0.5) is 22.7 Å². The Balaban J connectivity index is 1.02. The van der Waals surface area contributed by atoms with E-state index in [1.807, 2.05) is 97.1 Å². The minimum atomic E-state index is 0.545. The molecular weight excluding hydrogens is 709 g/mol. The van der Waals surface area contributed by atoms with E-state index in [1.54, 1.807) is 0 Å². The summed E-state index contributed by atoms with van der Waals surface area (Å²) in [4.78, 5) is 0. The summed E-state index contributed by atoms with van der Waals surface area (Å²) in [6.07, 6.45) is 24.3. The molecule has 57 heavy (non-hydrogen) atoms. The molecule has 0 saturated carbocycles. The molecule has 0 amide bonds. The minimum Gasteiger partial charge on any atom is -0.494 e. The van der Waals surface area contributed by atoms with Crippen molar-refractivity contribution in [3.05, 3.63) is 97.1 Å². The number of hydrogen-bond donors (Lipinski definition) is 0. The standard InChI is InChI=1S/C49H68N4O4/c1-3-5-7-9-11-13-15-17-19-38-54-46-30-22-42(23-31-46)50-52-44-26-34-48(35-27-44)56-40-21-41-57-49-36-28-45(29-37-49)53-51-43-24-32-47(33-25-43)55-39-20-18-16-14-12-10-8-6-4-2/h22-37H,3-21,38-41H2,1-2H3. The molecule has 0 radical (unpaired) electrons. The topological polar surface area (TPSA) is 86.4 Å². The van der Waals surface area contributed by atoms with Gasteiger partial charge in [0.15, 0.2) is 0 Å². The van der Waals surface area contributed by atoms with Crippen LogP contribution in [0.1, 0.15) is 136 Å². The maximum Gasteiger partial charge on any atom is 0.119 e. The van der Waals surface area contributed by atoms with Gasteiger partial charge in [0, 0.05) is 6.42 Å². The second-order valence-electron chi connectivity index (χ2n) is 14.8. The first-order valence-corrected chi connectivity index (χ1v) is 22.0. The van der Waals surface area contributed by atoms with Crippen LogP contribution in [0.2, 0.25) is 0 Å². The van der Waals surface area contributed by atoms with Crippen LogP contribution in [-0.2, 0) is 0 Å². The molecule has 4 aromatic rings. The number of nitrogens with zero attached hydrogens (tertiary/aromatic N) is 4. The number of unbranched alkanes of at least 4 members (excludes halogenated alkanes) is 16. The predicted octanol–water partition coefficient (Wildman–Crippen LogP) is 16.2. The van der Waals surface area contributed by atoms with Gasteiger partial charge in [-0.1, -0.05) is 117 Å². The monoisotopic (exact) mass is 777 g/mol. The molecule has 0 atom stereocenters. The zero-order chi connectivity index (χ0) is 39.9. The lowest BCUT2D eigenvalue weighted by molar-refractivity contribution is 0.247. The molecule has 8 heteroatoms. The first-order valence-electron chi connectivity index (χ1n) is 22.0. The molecule has 0 aromatic heterocycles. The molecule has 0 spiro atoms. The van der Waals surface area contributed by atoms with Crippen LogP contribution < -0.4 is 18.9 Å². The Morgan fingerprint density at radius 3 is 0.719 bits per heavy atom. The number of hydrogen-bond acceptors (Lipinski definition) is 8. The molecule has 0 unspecified atom stereocenters. The van der Waals surface area contributed by atoms with Crippen molar-refractivity contribution in [3.63, 3.8) is 0 Å². The smallest absolute Gasteiger partial charge is 0.119 e. The highest BCUT2D eigenvalue weighted by atomic mass is 16.5. The maximum absolute atomic E-state index is 5.91. The lowest BCUT2D eigenvalue weighted by Crippen LogP contribution is -2.04. The summed E-state index contributed by atoms with van der Waals surface area (Å²) in [5.41, 5.74) is 3.11. The van der Waals surface area contributed by atoms with Crippen LogP contribution in [0.3, 0.4) is 0 Å². The van der Waals surface area contributed by atoms with Gasteiger partial charge in [-0.3, -0.25) is 0 Å². The molecule has 0 aliphatic heterocycles. The summed E-state index contributed by atoms with van der Waals surface area (Å²) < 4.78 is 23.6. The second kappa shape index (κ2) is 29.5. The second-order valence-corrected chi connectivity index (χ2v) is 14.8. The molecule has 4 aromatic carbocycles. The Morgan fingerprint density at radius 1 is 0.263 bits per heavy atom. The molecule has 0 N–H and O–H groups in total. The van der Waals surface area contributed by atoms with Gasteiger partial charge in [-0.2, -0.15) is 20.5 Å². The third-order valence-electron chi connectivity index (χ3n) is 9.77. The Labute approximate surface area is 343 Å². The van der Waals surface area contributed by atoms with Gasteiger partial charge in [0.2, 0.25) is 0 Å². The van der Waals surface area contributed by atoms with Crippen molar-refractivity contribution in [2.75, 3.05) is 26.4 Å². The molecule has 0 aliphatic rings. The molecule has 0 heterocycles. The van der Waals surface area contributed by atoms with Crippen molar-refractivity contribution < 1.29 is 18.9 Å². The molecule has 0 bridgehead atoms. The van der Waals surface area contributed by atoms with Crippen molar-refractivity contribution in [1.29, 1.82) is 0 Å². The van der Waals surface area contributed by atoms with Gasteiger partial charge >= 0.3 is 0 Å². The fraction of sp³-hybridized carbons (Fsp3) is 0.510. The van der Waals surface area contributed by atoms with Crippen LogP contribution in [0.5, 0.6) is 23.0 Å². The van der Waals surface area contributed by atoms with Crippen molar-refractivity contribution in [1.82, 2.24) is 0 Å². The van der Waals surface area contributed by atoms with E-state index in [0.29, 0.717) is 13.2 Å². The summed E-state index contributed by atoms with van der Waals surface area (Å²) in [5.74, 6) is 3.32. The summed E-state index contributed by atoms with van der Waals surface area (Å²) in [6.45, 7) is 7.14. The van der Waals surface area contributed by atoms with E-state index in [-0.39, 0.29) is 0 Å². The van der Waals surface area contributed by atoms with Gasteiger partial charge in [0.05, 0.1) is 49.2 Å². The zero-order valence-electron chi connectivity index (χ0n) is 34.9. The Hall–Kier alpha value is -4.72. The lowest BCUT2D eigenvalue weighted by Gasteiger charge is -2.08. The van der Waals surface area contributed by atoms with Gasteiger partial charge in [-0.15, -0.1) is 0 Å². The average Bonchev–Trinajstić information content (AvgIpc) is 3.25. The molecule has 4 rings (SSSR count). The molecular formula is C49H68N4O4.